The fourth-order valence-corrected chi connectivity index (χ4v) is 3.41. The van der Waals surface area contributed by atoms with Crippen molar-refractivity contribution in [3.05, 3.63) is 59.4 Å². The Labute approximate surface area is 149 Å². The second-order valence-corrected chi connectivity index (χ2v) is 7.49. The van der Waals surface area contributed by atoms with Crippen molar-refractivity contribution in [2.45, 2.75) is 17.9 Å². The summed E-state index contributed by atoms with van der Waals surface area (Å²) in [7, 11) is -3.91. The summed E-state index contributed by atoms with van der Waals surface area (Å²) in [6.45, 7) is 1.65. The largest absolute Gasteiger partial charge is 0.422 e. The van der Waals surface area contributed by atoms with Crippen LogP contribution in [0, 0.1) is 5.82 Å². The highest BCUT2D eigenvalue weighted by molar-refractivity contribution is 7.85. The van der Waals surface area contributed by atoms with Gasteiger partial charge in [-0.25, -0.2) is 4.39 Å². The Bertz CT molecular complexity index is 984. The van der Waals surface area contributed by atoms with Gasteiger partial charge in [0.1, 0.15) is 16.4 Å². The molecule has 0 aromatic heterocycles. The van der Waals surface area contributed by atoms with Crippen LogP contribution in [0.25, 0.3) is 0 Å². The van der Waals surface area contributed by atoms with Gasteiger partial charge in [0.15, 0.2) is 6.04 Å². The Hall–Kier alpha value is -2.45. The topological polar surface area (TPSA) is 74.2 Å². The molecular weight excluding hydrogens is 367 g/mol. The first kappa shape index (κ1) is 17.4. The Kier molecular flexibility index (Phi) is 4.73. The average Bonchev–Trinajstić information content (AvgIpc) is 2.96. The molecule has 0 amide bonds. The van der Waals surface area contributed by atoms with Crippen molar-refractivity contribution in [2.75, 3.05) is 0 Å². The van der Waals surface area contributed by atoms with Crippen LogP contribution in [-0.2, 0) is 10.0 Å². The summed E-state index contributed by atoms with van der Waals surface area (Å²) >= 11 is 5.80. The Balaban J connectivity index is 1.85. The van der Waals surface area contributed by atoms with E-state index in [9.17, 15) is 12.8 Å². The third kappa shape index (κ3) is 3.80. The first-order valence-corrected chi connectivity index (χ1v) is 9.04. The van der Waals surface area contributed by atoms with Gasteiger partial charge in [-0.3, -0.25) is 0 Å². The molecule has 1 aliphatic rings. The van der Waals surface area contributed by atoms with Crippen LogP contribution in [0.15, 0.2) is 68.8 Å². The number of hydrogen-bond donors (Lipinski definition) is 0. The lowest BCUT2D eigenvalue weighted by molar-refractivity contribution is -0.361. The van der Waals surface area contributed by atoms with Gasteiger partial charge < -0.3 is 0 Å². The molecule has 6 nitrogen and oxygen atoms in total. The fourth-order valence-electron chi connectivity index (χ4n) is 2.08. The van der Waals surface area contributed by atoms with E-state index in [-0.39, 0.29) is 4.90 Å². The molecule has 9 heteroatoms. The summed E-state index contributed by atoms with van der Waals surface area (Å²) in [6.07, 6.45) is 1.34. The maximum atomic E-state index is 13.0. The molecule has 0 saturated carbocycles. The highest BCUT2D eigenvalue weighted by Crippen LogP contribution is 2.19. The minimum absolute atomic E-state index is 0.0583. The fraction of sp³-hybridized carbons (Fsp3) is 0.125. The smallest absolute Gasteiger partial charge is 0.207 e. The average molecular weight is 380 g/mol. The Morgan fingerprint density at radius 3 is 2.40 bits per heavy atom. The molecule has 0 saturated heterocycles. The van der Waals surface area contributed by atoms with Gasteiger partial charge in [0, 0.05) is 14.2 Å². The number of halogens is 2. The van der Waals surface area contributed by atoms with E-state index in [1.165, 1.54) is 18.3 Å². The molecule has 1 atom stereocenters. The molecule has 25 heavy (non-hydrogen) atoms. The van der Waals surface area contributed by atoms with E-state index in [0.29, 0.717) is 16.4 Å². The maximum Gasteiger partial charge on any atom is 0.422 e. The monoisotopic (exact) mass is 379 g/mol. The van der Waals surface area contributed by atoms with E-state index in [1.807, 2.05) is 0 Å². The van der Waals surface area contributed by atoms with Gasteiger partial charge in [0.05, 0.1) is 5.69 Å². The molecule has 1 aliphatic heterocycles. The molecule has 0 N–H and O–H groups in total. The van der Waals surface area contributed by atoms with E-state index in [4.69, 9.17) is 11.6 Å². The lowest BCUT2D eigenvalue weighted by Crippen LogP contribution is -2.17. The molecule has 2 aromatic rings. The van der Waals surface area contributed by atoms with Crippen LogP contribution in [0.3, 0.4) is 0 Å². The van der Waals surface area contributed by atoms with Crippen LogP contribution < -0.4 is 0 Å². The van der Waals surface area contributed by atoms with E-state index in [0.717, 1.165) is 16.2 Å². The summed E-state index contributed by atoms with van der Waals surface area (Å²) in [5, 5.41) is 12.8. The number of benzene rings is 2. The Morgan fingerprint density at radius 2 is 1.76 bits per heavy atom. The quantitative estimate of drug-likeness (QED) is 0.598. The summed E-state index contributed by atoms with van der Waals surface area (Å²) < 4.78 is 38.9. The molecule has 1 unspecified atom stereocenters. The van der Waals surface area contributed by atoms with Crippen molar-refractivity contribution in [3.63, 3.8) is 0 Å². The summed E-state index contributed by atoms with van der Waals surface area (Å²) in [6, 6.07) is 10.7. The predicted molar refractivity (Wildman–Crippen MR) is 92.8 cm³/mol. The van der Waals surface area contributed by atoms with Crippen molar-refractivity contribution in [3.8, 4) is 0 Å². The molecule has 1 heterocycles. The van der Waals surface area contributed by atoms with Crippen LogP contribution in [-0.4, -0.2) is 30.5 Å². The zero-order valence-corrected chi connectivity index (χ0v) is 14.6. The molecular formula is C16H13ClFN4O2S+. The maximum absolute atomic E-state index is 13.0. The van der Waals surface area contributed by atoms with Gasteiger partial charge in [-0.2, -0.15) is 18.6 Å². The standard InChI is InChI=1S/C16H13ClFN4O2S/c1-11-16(20-19-14-6-2-12(17)3-7-14)10-22(21-11)25(23,24)15-8-4-13(18)5-9-15/h2-10,16H,1H3/q+1. The van der Waals surface area contributed by atoms with E-state index in [1.54, 1.807) is 31.2 Å². The van der Waals surface area contributed by atoms with Crippen LogP contribution in [0.2, 0.25) is 5.02 Å². The number of azo groups is 1. The third-order valence-electron chi connectivity index (χ3n) is 3.44. The van der Waals surface area contributed by atoms with Gasteiger partial charge in [-0.1, -0.05) is 11.6 Å². The van der Waals surface area contributed by atoms with Crippen LogP contribution in [0.5, 0.6) is 0 Å². The first-order valence-electron chi connectivity index (χ1n) is 7.23. The number of sulfonamides is 1. The number of nitrogens with zero attached hydrogens (tertiary/aromatic N) is 4. The summed E-state index contributed by atoms with van der Waals surface area (Å²) in [4.78, 5) is -0.0583. The molecule has 0 radical (unpaired) electrons. The highest BCUT2D eigenvalue weighted by atomic mass is 35.5. The molecule has 128 valence electrons. The van der Waals surface area contributed by atoms with E-state index >= 15 is 0 Å². The molecule has 0 bridgehead atoms. The van der Waals surface area contributed by atoms with Crippen molar-refractivity contribution in [1.29, 1.82) is 0 Å². The SMILES string of the molecule is CC1=N[N+](S(=O)(=O)c2ccc(F)cc2)=CC1N=Nc1ccc(Cl)cc1. The molecule has 0 aliphatic carbocycles. The third-order valence-corrected chi connectivity index (χ3v) is 5.25. The number of rotatable bonds is 4. The number of hydrazone groups is 1. The zero-order valence-electron chi connectivity index (χ0n) is 13.0. The lowest BCUT2D eigenvalue weighted by atomic mass is 10.2. The van der Waals surface area contributed by atoms with Gasteiger partial charge >= 0.3 is 10.0 Å². The number of hydrogen-bond acceptors (Lipinski definition) is 5. The van der Waals surface area contributed by atoms with Gasteiger partial charge in [0.25, 0.3) is 0 Å². The second-order valence-electron chi connectivity index (χ2n) is 5.26. The first-order chi connectivity index (χ1) is 11.9. The highest BCUT2D eigenvalue weighted by Gasteiger charge is 2.36. The molecule has 0 spiro atoms. The van der Waals surface area contributed by atoms with Crippen molar-refractivity contribution in [1.82, 2.24) is 0 Å². The van der Waals surface area contributed by atoms with Gasteiger partial charge in [-0.05, 0) is 55.5 Å². The van der Waals surface area contributed by atoms with Crippen LogP contribution >= 0.6 is 11.6 Å². The van der Waals surface area contributed by atoms with Crippen molar-refractivity contribution in [2.24, 2.45) is 15.3 Å². The molecule has 3 rings (SSSR count). The molecule has 0 fully saturated rings. The normalized spacial score (nSPS) is 17.6. The molecule has 2 aromatic carbocycles. The summed E-state index contributed by atoms with van der Waals surface area (Å²) in [5.41, 5.74) is 1.06. The van der Waals surface area contributed by atoms with Crippen LogP contribution in [0.4, 0.5) is 10.1 Å². The van der Waals surface area contributed by atoms with Gasteiger partial charge in [0.2, 0.25) is 6.21 Å². The van der Waals surface area contributed by atoms with Crippen molar-refractivity contribution < 1.29 is 16.9 Å². The van der Waals surface area contributed by atoms with Crippen LogP contribution in [0.1, 0.15) is 6.92 Å². The van der Waals surface area contributed by atoms with E-state index in [2.05, 4.69) is 15.3 Å². The lowest BCUT2D eigenvalue weighted by Gasteiger charge is -1.96. The second kappa shape index (κ2) is 6.81. The minimum Gasteiger partial charge on any atom is -0.207 e. The summed E-state index contributed by atoms with van der Waals surface area (Å²) in [5.74, 6) is -0.515. The van der Waals surface area contributed by atoms with Crippen molar-refractivity contribution >= 4 is 39.2 Å². The van der Waals surface area contributed by atoms with E-state index < -0.39 is 21.9 Å². The Morgan fingerprint density at radius 1 is 1.12 bits per heavy atom. The minimum atomic E-state index is -3.91. The predicted octanol–water partition coefficient (Wildman–Crippen LogP) is 3.79. The van der Waals surface area contributed by atoms with Gasteiger partial charge in [-0.15, -0.1) is 0 Å². The zero-order chi connectivity index (χ0) is 18.0.